The summed E-state index contributed by atoms with van der Waals surface area (Å²) in [6.07, 6.45) is 1.78. The molecule has 2 fully saturated rings. The summed E-state index contributed by atoms with van der Waals surface area (Å²) in [5.74, 6) is -1.05. The van der Waals surface area contributed by atoms with Crippen LogP contribution < -0.4 is 5.32 Å². The number of benzene rings is 1. The summed E-state index contributed by atoms with van der Waals surface area (Å²) in [7, 11) is 0. The minimum Gasteiger partial charge on any atom is -0.444 e. The first kappa shape index (κ1) is 22.4. The Labute approximate surface area is 179 Å². The normalized spacial score (nSPS) is 22.9. The molecule has 10 heteroatoms. The lowest BCUT2D eigenvalue weighted by molar-refractivity contribution is -0.128. The van der Waals surface area contributed by atoms with Gasteiger partial charge in [-0.3, -0.25) is 9.69 Å². The number of nitrogens with one attached hydrogen (secondary N) is 1. The van der Waals surface area contributed by atoms with E-state index in [2.05, 4.69) is 15.3 Å². The van der Waals surface area contributed by atoms with E-state index in [0.29, 0.717) is 0 Å². The summed E-state index contributed by atoms with van der Waals surface area (Å²) in [4.78, 5) is 29.9. The Morgan fingerprint density at radius 1 is 1.45 bits per heavy atom. The Balaban J connectivity index is 1.72. The number of ether oxygens (including phenoxy) is 1. The summed E-state index contributed by atoms with van der Waals surface area (Å²) < 4.78 is 19.8. The maximum absolute atomic E-state index is 14.3. The number of hydrogen-bond donors (Lipinski definition) is 1. The molecule has 1 heterocycles. The van der Waals surface area contributed by atoms with Gasteiger partial charge in [0.05, 0.1) is 6.07 Å². The van der Waals surface area contributed by atoms with Gasteiger partial charge in [0, 0.05) is 23.1 Å². The van der Waals surface area contributed by atoms with Crippen molar-refractivity contribution in [3.8, 4) is 6.07 Å². The van der Waals surface area contributed by atoms with Crippen LogP contribution in [0.4, 0.5) is 14.9 Å². The molecule has 2 bridgehead atoms. The number of piperidine rings is 1. The zero-order valence-electron chi connectivity index (χ0n) is 17.7. The van der Waals surface area contributed by atoms with Crippen LogP contribution >= 0.6 is 0 Å². The van der Waals surface area contributed by atoms with Crippen LogP contribution in [0.15, 0.2) is 23.3 Å². The van der Waals surface area contributed by atoms with E-state index in [1.54, 1.807) is 20.8 Å². The molecule has 0 radical (unpaired) electrons. The number of carbonyl (C=O) groups excluding carboxylic acids is 2. The second-order valence-electron chi connectivity index (χ2n) is 8.92. The zero-order valence-corrected chi connectivity index (χ0v) is 17.7. The van der Waals surface area contributed by atoms with Crippen molar-refractivity contribution in [2.45, 2.75) is 70.2 Å². The smallest absolute Gasteiger partial charge is 0.411 e. The number of halogens is 1. The van der Waals surface area contributed by atoms with E-state index in [4.69, 9.17) is 10.3 Å². The van der Waals surface area contributed by atoms with Crippen molar-refractivity contribution in [1.82, 2.24) is 10.2 Å². The van der Waals surface area contributed by atoms with Crippen LogP contribution in [0.5, 0.6) is 0 Å². The van der Waals surface area contributed by atoms with Crippen molar-refractivity contribution in [3.63, 3.8) is 0 Å². The van der Waals surface area contributed by atoms with Gasteiger partial charge in [-0.25, -0.2) is 9.18 Å². The highest BCUT2D eigenvalue weighted by Crippen LogP contribution is 2.43. The predicted octanol–water partition coefficient (Wildman–Crippen LogP) is 4.11. The molecule has 1 N–H and O–H groups in total. The maximum Gasteiger partial charge on any atom is 0.411 e. The molecule has 0 spiro atoms. The number of carbonyl (C=O) groups is 2. The van der Waals surface area contributed by atoms with Gasteiger partial charge in [0.25, 0.3) is 0 Å². The zero-order chi connectivity index (χ0) is 22.8. The third kappa shape index (κ3) is 5.06. The molecule has 0 aromatic heterocycles. The summed E-state index contributed by atoms with van der Waals surface area (Å²) in [5, 5.41) is 15.5. The van der Waals surface area contributed by atoms with Crippen LogP contribution in [0.3, 0.4) is 0 Å². The van der Waals surface area contributed by atoms with Crippen LogP contribution in [-0.4, -0.2) is 40.6 Å². The molecule has 4 atom stereocenters. The van der Waals surface area contributed by atoms with Crippen LogP contribution in [0.1, 0.15) is 45.6 Å². The van der Waals surface area contributed by atoms with Gasteiger partial charge < -0.3 is 10.1 Å². The van der Waals surface area contributed by atoms with Gasteiger partial charge in [-0.2, -0.15) is 5.26 Å². The molecule has 1 aliphatic carbocycles. The van der Waals surface area contributed by atoms with Gasteiger partial charge in [0.2, 0.25) is 5.91 Å². The quantitative estimate of drug-likeness (QED) is 0.429. The van der Waals surface area contributed by atoms with Gasteiger partial charge in [0.1, 0.15) is 23.5 Å². The van der Waals surface area contributed by atoms with Crippen molar-refractivity contribution in [2.24, 2.45) is 11.0 Å². The van der Waals surface area contributed by atoms with E-state index in [9.17, 15) is 19.2 Å². The molecular weight excluding hydrogens is 403 g/mol. The second-order valence-corrected chi connectivity index (χ2v) is 8.92. The average Bonchev–Trinajstić information content (AvgIpc) is 3.29. The molecule has 1 aliphatic heterocycles. The fraction of sp³-hybridized carbons (Fsp3) is 0.571. The van der Waals surface area contributed by atoms with Gasteiger partial charge in [-0.1, -0.05) is 17.2 Å². The van der Waals surface area contributed by atoms with Crippen LogP contribution in [0, 0.1) is 23.1 Å². The van der Waals surface area contributed by atoms with Gasteiger partial charge in [-0.05, 0) is 63.1 Å². The maximum atomic E-state index is 14.3. The fourth-order valence-corrected chi connectivity index (χ4v) is 4.32. The Morgan fingerprint density at radius 2 is 2.19 bits per heavy atom. The first-order valence-electron chi connectivity index (χ1n) is 10.2. The van der Waals surface area contributed by atoms with Gasteiger partial charge in [-0.15, -0.1) is 0 Å². The van der Waals surface area contributed by atoms with Gasteiger partial charge in [0.15, 0.2) is 0 Å². The molecular formula is C21H25FN6O3. The number of hydrogen-bond acceptors (Lipinski definition) is 5. The third-order valence-corrected chi connectivity index (χ3v) is 5.55. The lowest BCUT2D eigenvalue weighted by atomic mass is 9.97. The van der Waals surface area contributed by atoms with E-state index in [-0.39, 0.29) is 29.6 Å². The Kier molecular flexibility index (Phi) is 6.37. The first-order chi connectivity index (χ1) is 14.6. The topological polar surface area (TPSA) is 131 Å². The second kappa shape index (κ2) is 8.82. The largest absolute Gasteiger partial charge is 0.444 e. The molecule has 1 saturated heterocycles. The first-order valence-corrected chi connectivity index (χ1v) is 10.2. The standard InChI is InChI=1S/C21H25FN6O3/c1-21(2,3)31-20(30)28-16-7-5-13(9-16)18(28)19(29)25-15(11-23)8-12-4-6-14(26-27-24)10-17(12)22/h4,6,10,13,15-16,18H,5,7-9H2,1-3H3,(H,25,29). The monoisotopic (exact) mass is 428 g/mol. The summed E-state index contributed by atoms with van der Waals surface area (Å²) in [6, 6.07) is 4.17. The molecule has 4 unspecified atom stereocenters. The minimum atomic E-state index is -0.980. The highest BCUT2D eigenvalue weighted by Gasteiger charge is 2.52. The molecule has 3 rings (SSSR count). The van der Waals surface area contributed by atoms with E-state index in [1.165, 1.54) is 17.0 Å². The molecule has 1 aromatic rings. The molecule has 2 amide bonds. The van der Waals surface area contributed by atoms with Crippen molar-refractivity contribution < 1.29 is 18.7 Å². The Hall–Kier alpha value is -3.31. The van der Waals surface area contributed by atoms with E-state index >= 15 is 0 Å². The highest BCUT2D eigenvalue weighted by molar-refractivity contribution is 5.87. The summed E-state index contributed by atoms with van der Waals surface area (Å²) >= 11 is 0. The van der Waals surface area contributed by atoms with Gasteiger partial charge >= 0.3 is 6.09 Å². The van der Waals surface area contributed by atoms with E-state index in [0.717, 1.165) is 25.3 Å². The van der Waals surface area contributed by atoms with Crippen LogP contribution in [-0.2, 0) is 16.0 Å². The number of fused-ring (bicyclic) bond motifs is 2. The van der Waals surface area contributed by atoms with E-state index in [1.807, 2.05) is 6.07 Å². The molecule has 1 saturated carbocycles. The summed E-state index contributed by atoms with van der Waals surface area (Å²) in [6.45, 7) is 5.30. The average molecular weight is 428 g/mol. The number of rotatable bonds is 5. The van der Waals surface area contributed by atoms with Crippen molar-refractivity contribution >= 4 is 17.7 Å². The van der Waals surface area contributed by atoms with Crippen molar-refractivity contribution in [1.29, 1.82) is 5.26 Å². The molecule has 1 aromatic carbocycles. The summed E-state index contributed by atoms with van der Waals surface area (Å²) in [5.41, 5.74) is 8.09. The van der Waals surface area contributed by atoms with Crippen molar-refractivity contribution in [3.05, 3.63) is 40.0 Å². The molecule has 2 aliphatic rings. The van der Waals surface area contributed by atoms with Crippen LogP contribution in [0.25, 0.3) is 10.4 Å². The Bertz CT molecular complexity index is 963. The lowest BCUT2D eigenvalue weighted by Crippen LogP contribution is -2.55. The third-order valence-electron chi connectivity index (χ3n) is 5.55. The lowest BCUT2D eigenvalue weighted by Gasteiger charge is -2.35. The predicted molar refractivity (Wildman–Crippen MR) is 109 cm³/mol. The number of likely N-dealkylation sites (tertiary alicyclic amines) is 1. The highest BCUT2D eigenvalue weighted by atomic mass is 19.1. The number of nitriles is 1. The molecule has 31 heavy (non-hydrogen) atoms. The number of azide groups is 1. The SMILES string of the molecule is CC(C)(C)OC(=O)N1C2CCC(C2)C1C(=O)NC(C#N)Cc1ccc(N=[N+]=[N-])cc1F. The van der Waals surface area contributed by atoms with Crippen LogP contribution in [0.2, 0.25) is 0 Å². The van der Waals surface area contributed by atoms with Crippen molar-refractivity contribution in [2.75, 3.05) is 0 Å². The number of amides is 2. The molecule has 164 valence electrons. The van der Waals surface area contributed by atoms with E-state index < -0.39 is 35.5 Å². The fourth-order valence-electron chi connectivity index (χ4n) is 4.32. The Morgan fingerprint density at radius 3 is 2.81 bits per heavy atom. The number of nitrogens with zero attached hydrogens (tertiary/aromatic N) is 5. The minimum absolute atomic E-state index is 0.0109. The molecule has 9 nitrogen and oxygen atoms in total.